The molecule has 3 aliphatic carbocycles. The van der Waals surface area contributed by atoms with Crippen LogP contribution in [-0.2, 0) is 13.6 Å². The van der Waals surface area contributed by atoms with E-state index in [2.05, 4.69) is 94.2 Å². The minimum atomic E-state index is -2.04. The van der Waals surface area contributed by atoms with E-state index in [9.17, 15) is 4.79 Å². The summed E-state index contributed by atoms with van der Waals surface area (Å²) in [6, 6.07) is 0. The molecule has 2 fully saturated rings. The highest BCUT2D eigenvalue weighted by molar-refractivity contribution is 6.74. The fourth-order valence-electron chi connectivity index (χ4n) is 7.12. The fourth-order valence-corrected chi connectivity index (χ4v) is 9.97. The second-order valence-corrected chi connectivity index (χ2v) is 23.8. The Labute approximate surface area is 212 Å². The molecule has 0 amide bonds. The molecule has 0 N–H and O–H groups in total. The molecule has 0 bridgehead atoms. The van der Waals surface area contributed by atoms with Crippen LogP contribution in [0.4, 0.5) is 0 Å². The number of aldehydes is 1. The molecule has 0 aromatic rings. The van der Waals surface area contributed by atoms with Gasteiger partial charge in [0.2, 0.25) is 0 Å². The first-order chi connectivity index (χ1) is 15.3. The monoisotopic (exact) mass is 504 g/mol. The summed E-state index contributed by atoms with van der Waals surface area (Å²) in [5.74, 6) is 2.11. The SMILES string of the molecule is CCC1=C[C@@H](C)C(O[Si](C)(C)C(C)(C)C)[C@H]2C3[C@@H](C[C@@H](C)C2(O[Si](C)(C)C)/C1=C/C=O)C3(C)C. The van der Waals surface area contributed by atoms with Crippen molar-refractivity contribution in [1.82, 2.24) is 0 Å². The maximum atomic E-state index is 12.1. The molecule has 34 heavy (non-hydrogen) atoms. The number of carbonyl (C=O) groups excluding carboxylic acids is 1. The van der Waals surface area contributed by atoms with E-state index in [0.717, 1.165) is 24.7 Å². The van der Waals surface area contributed by atoms with Gasteiger partial charge in [0.1, 0.15) is 6.29 Å². The van der Waals surface area contributed by atoms with Gasteiger partial charge >= 0.3 is 0 Å². The second kappa shape index (κ2) is 8.81. The van der Waals surface area contributed by atoms with E-state index in [1.165, 1.54) is 5.57 Å². The Morgan fingerprint density at radius 3 is 2.15 bits per heavy atom. The smallest absolute Gasteiger partial charge is 0.192 e. The van der Waals surface area contributed by atoms with Crippen LogP contribution in [0.15, 0.2) is 23.3 Å². The van der Waals surface area contributed by atoms with Crippen LogP contribution in [0.25, 0.3) is 0 Å². The molecule has 7 atom stereocenters. The normalized spacial score (nSPS) is 39.1. The summed E-state index contributed by atoms with van der Waals surface area (Å²) in [4.78, 5) is 12.1. The summed E-state index contributed by atoms with van der Waals surface area (Å²) in [6.45, 7) is 30.6. The molecule has 194 valence electrons. The number of hydrogen-bond acceptors (Lipinski definition) is 3. The molecule has 0 heterocycles. The Morgan fingerprint density at radius 1 is 1.09 bits per heavy atom. The largest absolute Gasteiger partial charge is 0.413 e. The van der Waals surface area contributed by atoms with Crippen molar-refractivity contribution in [3.8, 4) is 0 Å². The summed E-state index contributed by atoms with van der Waals surface area (Å²) in [5.41, 5.74) is 2.24. The Hall–Kier alpha value is -0.496. The van der Waals surface area contributed by atoms with Gasteiger partial charge in [-0.05, 0) is 96.9 Å². The van der Waals surface area contributed by atoms with E-state index in [1.807, 2.05) is 6.08 Å². The summed E-state index contributed by atoms with van der Waals surface area (Å²) in [6.07, 6.45) is 7.45. The van der Waals surface area contributed by atoms with Gasteiger partial charge in [0.05, 0.1) is 11.7 Å². The highest BCUT2D eigenvalue weighted by atomic mass is 28.4. The van der Waals surface area contributed by atoms with E-state index in [-0.39, 0.29) is 28.4 Å². The van der Waals surface area contributed by atoms with Crippen LogP contribution in [0.3, 0.4) is 0 Å². The average molecular weight is 505 g/mol. The van der Waals surface area contributed by atoms with E-state index in [4.69, 9.17) is 8.85 Å². The molecule has 0 aliphatic heterocycles. The predicted molar refractivity (Wildman–Crippen MR) is 149 cm³/mol. The van der Waals surface area contributed by atoms with Crippen molar-refractivity contribution in [1.29, 1.82) is 0 Å². The van der Waals surface area contributed by atoms with E-state index in [1.54, 1.807) is 0 Å². The van der Waals surface area contributed by atoms with Crippen LogP contribution >= 0.6 is 0 Å². The van der Waals surface area contributed by atoms with Gasteiger partial charge in [0, 0.05) is 5.92 Å². The van der Waals surface area contributed by atoms with Gasteiger partial charge in [-0.25, -0.2) is 0 Å². The zero-order chi connectivity index (χ0) is 26.1. The zero-order valence-electron chi connectivity index (χ0n) is 24.3. The van der Waals surface area contributed by atoms with Crippen molar-refractivity contribution in [3.63, 3.8) is 0 Å². The maximum Gasteiger partial charge on any atom is 0.192 e. The molecule has 5 heteroatoms. The molecule has 0 aromatic carbocycles. The molecule has 3 rings (SSSR count). The molecular formula is C29H52O3Si2. The van der Waals surface area contributed by atoms with Crippen LogP contribution in [0.5, 0.6) is 0 Å². The summed E-state index contributed by atoms with van der Waals surface area (Å²) in [5, 5.41) is 0.138. The first kappa shape index (κ1) is 28.1. The highest BCUT2D eigenvalue weighted by Crippen LogP contribution is 2.74. The third-order valence-electron chi connectivity index (χ3n) is 9.79. The molecule has 0 spiro atoms. The van der Waals surface area contributed by atoms with E-state index in [0.29, 0.717) is 17.8 Å². The molecule has 0 radical (unpaired) electrons. The highest BCUT2D eigenvalue weighted by Gasteiger charge is 2.73. The number of rotatable bonds is 6. The topological polar surface area (TPSA) is 35.5 Å². The van der Waals surface area contributed by atoms with Crippen molar-refractivity contribution in [2.75, 3.05) is 0 Å². The molecule has 0 saturated heterocycles. The lowest BCUT2D eigenvalue weighted by Gasteiger charge is -2.56. The predicted octanol–water partition coefficient (Wildman–Crippen LogP) is 8.01. The maximum absolute atomic E-state index is 12.1. The minimum absolute atomic E-state index is 0.0911. The minimum Gasteiger partial charge on any atom is -0.413 e. The van der Waals surface area contributed by atoms with Gasteiger partial charge in [0.15, 0.2) is 16.6 Å². The van der Waals surface area contributed by atoms with Crippen LogP contribution < -0.4 is 0 Å². The number of hydrogen-bond donors (Lipinski definition) is 0. The van der Waals surface area contributed by atoms with Crippen LogP contribution in [0, 0.1) is 35.0 Å². The first-order valence-electron chi connectivity index (χ1n) is 13.6. The molecule has 3 unspecified atom stereocenters. The van der Waals surface area contributed by atoms with Crippen molar-refractivity contribution in [3.05, 3.63) is 23.3 Å². The quantitative estimate of drug-likeness (QED) is 0.209. The summed E-state index contributed by atoms with van der Waals surface area (Å²) >= 11 is 0. The van der Waals surface area contributed by atoms with Crippen molar-refractivity contribution >= 4 is 22.9 Å². The van der Waals surface area contributed by atoms with Crippen molar-refractivity contribution in [2.45, 2.75) is 118 Å². The zero-order valence-corrected chi connectivity index (χ0v) is 26.3. The standard InChI is InChI=1S/C29H52O3Si2/c1-14-21-17-19(2)26(31-34(12,13)27(4,5)6)25-24-23(28(24,7)8)18-20(3)29(25,22(21)15-16-30)32-33(9,10)11/h15-17,19-20,23-26H,14,18H2,1-13H3/b22-15+/t19-,20-,23-,24?,25-,26?,29?/m1/s1. The number of allylic oxidation sites excluding steroid dienone is 1. The summed E-state index contributed by atoms with van der Waals surface area (Å²) < 4.78 is 14.9. The van der Waals surface area contributed by atoms with E-state index < -0.39 is 22.2 Å². The van der Waals surface area contributed by atoms with Gasteiger partial charge in [-0.3, -0.25) is 4.79 Å². The van der Waals surface area contributed by atoms with Gasteiger partial charge in [-0.2, -0.15) is 0 Å². The van der Waals surface area contributed by atoms with Gasteiger partial charge < -0.3 is 8.85 Å². The number of carbonyl (C=O) groups is 1. The van der Waals surface area contributed by atoms with Gasteiger partial charge in [-0.15, -0.1) is 0 Å². The second-order valence-electron chi connectivity index (χ2n) is 14.6. The van der Waals surface area contributed by atoms with Crippen LogP contribution in [0.1, 0.15) is 68.2 Å². The average Bonchev–Trinajstić information content (AvgIpc) is 3.22. The van der Waals surface area contributed by atoms with Crippen LogP contribution in [-0.4, -0.2) is 34.6 Å². The lowest BCUT2D eigenvalue weighted by atomic mass is 9.62. The lowest BCUT2D eigenvalue weighted by molar-refractivity contribution is -0.106. The first-order valence-corrected chi connectivity index (χ1v) is 19.9. The third kappa shape index (κ3) is 4.52. The molecule has 0 aromatic heterocycles. The van der Waals surface area contributed by atoms with Gasteiger partial charge in [0.25, 0.3) is 0 Å². The van der Waals surface area contributed by atoms with Crippen LogP contribution in [0.2, 0.25) is 37.8 Å². The Balaban J connectivity index is 2.34. The Morgan fingerprint density at radius 2 is 1.68 bits per heavy atom. The fraction of sp³-hybridized carbons (Fsp3) is 0.828. The third-order valence-corrected chi connectivity index (χ3v) is 15.2. The Kier molecular flexibility index (Phi) is 7.28. The van der Waals surface area contributed by atoms with Gasteiger partial charge in [-0.1, -0.05) is 61.5 Å². The van der Waals surface area contributed by atoms with Crippen molar-refractivity contribution in [2.24, 2.45) is 35.0 Å². The molecule has 3 nitrogen and oxygen atoms in total. The summed E-state index contributed by atoms with van der Waals surface area (Å²) in [7, 11) is -4.01. The lowest BCUT2D eigenvalue weighted by Crippen LogP contribution is -2.61. The molecule has 2 saturated carbocycles. The molecular weight excluding hydrogens is 452 g/mol. The molecule has 3 aliphatic rings. The van der Waals surface area contributed by atoms with Crippen molar-refractivity contribution < 1.29 is 13.6 Å². The Bertz CT molecular complexity index is 858. The number of fused-ring (bicyclic) bond motifs is 3. The van der Waals surface area contributed by atoms with E-state index >= 15 is 0 Å².